The number of ether oxygens (including phenoxy) is 2. The Balaban J connectivity index is 1.67. The molecule has 2 aliphatic rings. The number of nitrogens with zero attached hydrogens (tertiary/aromatic N) is 1. The van der Waals surface area contributed by atoms with Gasteiger partial charge >= 0.3 is 0 Å². The molecule has 3 rings (SSSR count). The lowest BCUT2D eigenvalue weighted by atomic mass is 10.2. The molecule has 1 aromatic carbocycles. The van der Waals surface area contributed by atoms with E-state index in [1.165, 1.54) is 4.31 Å². The molecule has 1 amide bonds. The van der Waals surface area contributed by atoms with Crippen molar-refractivity contribution < 1.29 is 22.7 Å². The van der Waals surface area contributed by atoms with Crippen LogP contribution in [0, 0.1) is 0 Å². The van der Waals surface area contributed by atoms with E-state index in [4.69, 9.17) is 9.47 Å². The van der Waals surface area contributed by atoms with E-state index in [0.29, 0.717) is 30.4 Å². The molecule has 0 saturated heterocycles. The molecule has 0 unspecified atom stereocenters. The maximum atomic E-state index is 12.3. The third-order valence-electron chi connectivity index (χ3n) is 4.28. The van der Waals surface area contributed by atoms with E-state index in [0.717, 1.165) is 31.9 Å². The Morgan fingerprint density at radius 1 is 1.21 bits per heavy atom. The maximum absolute atomic E-state index is 12.3. The minimum Gasteiger partial charge on any atom is -0.486 e. The van der Waals surface area contributed by atoms with Crippen molar-refractivity contribution >= 4 is 21.6 Å². The number of amides is 1. The summed E-state index contributed by atoms with van der Waals surface area (Å²) in [6.07, 6.45) is 4.78. The molecule has 7 nitrogen and oxygen atoms in total. The van der Waals surface area contributed by atoms with Crippen molar-refractivity contribution in [1.29, 1.82) is 0 Å². The van der Waals surface area contributed by atoms with Crippen LogP contribution in [0.3, 0.4) is 0 Å². The van der Waals surface area contributed by atoms with Crippen LogP contribution in [0.25, 0.3) is 0 Å². The number of carbonyl (C=O) groups is 1. The highest BCUT2D eigenvalue weighted by Crippen LogP contribution is 2.32. The van der Waals surface area contributed by atoms with Gasteiger partial charge in [-0.25, -0.2) is 8.42 Å². The van der Waals surface area contributed by atoms with E-state index in [9.17, 15) is 13.2 Å². The third-order valence-corrected chi connectivity index (χ3v) is 5.56. The molecule has 0 atom stereocenters. The largest absolute Gasteiger partial charge is 0.486 e. The lowest BCUT2D eigenvalue weighted by molar-refractivity contribution is -0.116. The summed E-state index contributed by atoms with van der Waals surface area (Å²) in [6.45, 7) is 0.801. The van der Waals surface area contributed by atoms with Gasteiger partial charge in [0.2, 0.25) is 15.9 Å². The van der Waals surface area contributed by atoms with Crippen LogP contribution in [0.15, 0.2) is 18.2 Å². The predicted molar refractivity (Wildman–Crippen MR) is 89.9 cm³/mol. The van der Waals surface area contributed by atoms with Crippen LogP contribution in [0.2, 0.25) is 0 Å². The molecule has 1 saturated carbocycles. The molecule has 1 N–H and O–H groups in total. The number of nitrogens with one attached hydrogen (secondary N) is 1. The SMILES string of the molecule is CS(=O)(=O)N(CC(=O)Nc1ccc2c(c1)OCCO2)C1CCCC1. The topological polar surface area (TPSA) is 84.9 Å². The van der Waals surface area contributed by atoms with Crippen LogP contribution in [0.1, 0.15) is 25.7 Å². The van der Waals surface area contributed by atoms with Crippen molar-refractivity contribution in [2.45, 2.75) is 31.7 Å². The Bertz CT molecular complexity index is 713. The summed E-state index contributed by atoms with van der Waals surface area (Å²) in [7, 11) is -3.42. The monoisotopic (exact) mass is 354 g/mol. The maximum Gasteiger partial charge on any atom is 0.239 e. The smallest absolute Gasteiger partial charge is 0.239 e. The summed E-state index contributed by atoms with van der Waals surface area (Å²) in [4.78, 5) is 12.3. The summed E-state index contributed by atoms with van der Waals surface area (Å²) in [5, 5.41) is 2.74. The van der Waals surface area contributed by atoms with E-state index in [-0.39, 0.29) is 18.5 Å². The summed E-state index contributed by atoms with van der Waals surface area (Å²) in [6, 6.07) is 5.06. The predicted octanol–water partition coefficient (Wildman–Crippen LogP) is 1.60. The van der Waals surface area contributed by atoms with Gasteiger partial charge in [-0.1, -0.05) is 12.8 Å². The van der Waals surface area contributed by atoms with E-state index < -0.39 is 10.0 Å². The van der Waals surface area contributed by atoms with Crippen LogP contribution < -0.4 is 14.8 Å². The van der Waals surface area contributed by atoms with Crippen LogP contribution in [-0.4, -0.2) is 50.7 Å². The first-order chi connectivity index (χ1) is 11.4. The van der Waals surface area contributed by atoms with Crippen LogP contribution in [0.4, 0.5) is 5.69 Å². The van der Waals surface area contributed by atoms with Gasteiger partial charge in [-0.2, -0.15) is 4.31 Å². The van der Waals surface area contributed by atoms with Gasteiger partial charge < -0.3 is 14.8 Å². The Kier molecular flexibility index (Phi) is 4.96. The zero-order valence-corrected chi connectivity index (χ0v) is 14.5. The molecule has 1 fully saturated rings. The average molecular weight is 354 g/mol. The van der Waals surface area contributed by atoms with Crippen LogP contribution in [-0.2, 0) is 14.8 Å². The number of fused-ring (bicyclic) bond motifs is 1. The molecule has 0 aromatic heterocycles. The van der Waals surface area contributed by atoms with Crippen molar-refractivity contribution in [2.24, 2.45) is 0 Å². The highest BCUT2D eigenvalue weighted by atomic mass is 32.2. The second-order valence-corrected chi connectivity index (χ2v) is 8.09. The van der Waals surface area contributed by atoms with Crippen molar-refractivity contribution in [2.75, 3.05) is 31.3 Å². The van der Waals surface area contributed by atoms with Crippen LogP contribution in [0.5, 0.6) is 11.5 Å². The van der Waals surface area contributed by atoms with Crippen molar-refractivity contribution in [3.8, 4) is 11.5 Å². The van der Waals surface area contributed by atoms with Gasteiger partial charge in [-0.15, -0.1) is 0 Å². The van der Waals surface area contributed by atoms with Gasteiger partial charge in [0.15, 0.2) is 11.5 Å². The first-order valence-electron chi connectivity index (χ1n) is 8.10. The molecule has 24 heavy (non-hydrogen) atoms. The Morgan fingerprint density at radius 2 is 1.88 bits per heavy atom. The van der Waals surface area contributed by atoms with Gasteiger partial charge in [-0.05, 0) is 25.0 Å². The number of anilines is 1. The van der Waals surface area contributed by atoms with E-state index in [1.54, 1.807) is 18.2 Å². The number of benzene rings is 1. The van der Waals surface area contributed by atoms with Crippen molar-refractivity contribution in [3.63, 3.8) is 0 Å². The molecule has 1 heterocycles. The zero-order chi connectivity index (χ0) is 17.2. The molecular formula is C16H22N2O5S. The lowest BCUT2D eigenvalue weighted by Crippen LogP contribution is -2.43. The van der Waals surface area contributed by atoms with Gasteiger partial charge in [0.1, 0.15) is 13.2 Å². The molecule has 1 aromatic rings. The highest BCUT2D eigenvalue weighted by molar-refractivity contribution is 7.88. The lowest BCUT2D eigenvalue weighted by Gasteiger charge is -2.25. The molecule has 1 aliphatic carbocycles. The van der Waals surface area contributed by atoms with Crippen molar-refractivity contribution in [3.05, 3.63) is 18.2 Å². The average Bonchev–Trinajstić information content (AvgIpc) is 3.05. The fourth-order valence-electron chi connectivity index (χ4n) is 3.17. The van der Waals surface area contributed by atoms with Crippen LogP contribution >= 0.6 is 0 Å². The van der Waals surface area contributed by atoms with E-state index >= 15 is 0 Å². The van der Waals surface area contributed by atoms with E-state index in [2.05, 4.69) is 5.32 Å². The molecule has 132 valence electrons. The molecule has 0 bridgehead atoms. The first-order valence-corrected chi connectivity index (χ1v) is 9.94. The molecule has 0 radical (unpaired) electrons. The Morgan fingerprint density at radius 3 is 2.54 bits per heavy atom. The zero-order valence-electron chi connectivity index (χ0n) is 13.7. The summed E-state index contributed by atoms with van der Waals surface area (Å²) in [5.41, 5.74) is 0.559. The molecular weight excluding hydrogens is 332 g/mol. The second-order valence-electron chi connectivity index (χ2n) is 6.15. The molecule has 0 spiro atoms. The van der Waals surface area contributed by atoms with Crippen molar-refractivity contribution in [1.82, 2.24) is 4.31 Å². The first kappa shape index (κ1) is 17.0. The number of sulfonamides is 1. The number of rotatable bonds is 5. The normalized spacial score (nSPS) is 17.9. The number of carbonyl (C=O) groups excluding carboxylic acids is 1. The van der Waals surface area contributed by atoms with Gasteiger partial charge in [0.25, 0.3) is 0 Å². The fourth-order valence-corrected chi connectivity index (χ4v) is 4.28. The fraction of sp³-hybridized carbons (Fsp3) is 0.562. The highest BCUT2D eigenvalue weighted by Gasteiger charge is 2.30. The number of hydrogen-bond donors (Lipinski definition) is 1. The summed E-state index contributed by atoms with van der Waals surface area (Å²) in [5.74, 6) is 0.863. The molecule has 8 heteroatoms. The van der Waals surface area contributed by atoms with E-state index in [1.807, 2.05) is 0 Å². The second kappa shape index (κ2) is 6.98. The van der Waals surface area contributed by atoms with Gasteiger partial charge in [0.05, 0.1) is 12.8 Å². The quantitative estimate of drug-likeness (QED) is 0.868. The van der Waals surface area contributed by atoms with Gasteiger partial charge in [0, 0.05) is 17.8 Å². The summed E-state index contributed by atoms with van der Waals surface area (Å²) < 4.78 is 36.2. The summed E-state index contributed by atoms with van der Waals surface area (Å²) >= 11 is 0. The standard InChI is InChI=1S/C16H22N2O5S/c1-24(20,21)18(13-4-2-3-5-13)11-16(19)17-12-6-7-14-15(10-12)23-9-8-22-14/h6-7,10,13H,2-5,8-9,11H2,1H3,(H,17,19). The minimum absolute atomic E-state index is 0.0778. The third kappa shape index (κ3) is 3.99. The Hall–Kier alpha value is -1.80. The number of hydrogen-bond acceptors (Lipinski definition) is 5. The molecule has 1 aliphatic heterocycles. The Labute approximate surface area is 142 Å². The van der Waals surface area contributed by atoms with Gasteiger partial charge in [-0.3, -0.25) is 4.79 Å². The minimum atomic E-state index is -3.42.